The molecule has 0 bridgehead atoms. The number of hydrogen-bond acceptors (Lipinski definition) is 4. The highest BCUT2D eigenvalue weighted by Crippen LogP contribution is 2.01. The number of hydrogen-bond donors (Lipinski definition) is 2. The van der Waals surface area contributed by atoms with E-state index in [4.69, 9.17) is 4.55 Å². The van der Waals surface area contributed by atoms with Crippen LogP contribution in [0, 0.1) is 0 Å². The Balaban J connectivity index is 2.38. The van der Waals surface area contributed by atoms with Crippen LogP contribution in [0.4, 0.5) is 0 Å². The van der Waals surface area contributed by atoms with Crippen molar-refractivity contribution < 1.29 is 17.2 Å². The van der Waals surface area contributed by atoms with E-state index in [9.17, 15) is 8.42 Å². The molecule has 0 aromatic heterocycles. The number of rotatable bonds is 7. The van der Waals surface area contributed by atoms with Crippen LogP contribution < -0.4 is 5.32 Å². The Morgan fingerprint density at radius 3 is 2.53 bits per heavy atom. The van der Waals surface area contributed by atoms with Crippen LogP contribution in [0.25, 0.3) is 0 Å². The smallest absolute Gasteiger partial charge is 0.308 e. The van der Waals surface area contributed by atoms with Crippen LogP contribution >= 0.6 is 0 Å². The molecule has 0 fully saturated rings. The summed E-state index contributed by atoms with van der Waals surface area (Å²) in [6.07, 6.45) is 0.711. The molecule has 17 heavy (non-hydrogen) atoms. The van der Waals surface area contributed by atoms with Crippen LogP contribution in [0.1, 0.15) is 18.9 Å². The SMILES string of the molecule is CCC(COS(=O)(=O)O)NCc1ccccc1. The lowest BCUT2D eigenvalue weighted by Gasteiger charge is -2.15. The van der Waals surface area contributed by atoms with Gasteiger partial charge in [0.25, 0.3) is 0 Å². The fourth-order valence-corrected chi connectivity index (χ4v) is 1.68. The van der Waals surface area contributed by atoms with E-state index in [1.165, 1.54) is 0 Å². The molecule has 6 heteroatoms. The Morgan fingerprint density at radius 1 is 1.35 bits per heavy atom. The van der Waals surface area contributed by atoms with Gasteiger partial charge in [-0.1, -0.05) is 37.3 Å². The van der Waals surface area contributed by atoms with Gasteiger partial charge < -0.3 is 5.32 Å². The predicted molar refractivity (Wildman–Crippen MR) is 64.9 cm³/mol. The molecule has 1 rings (SSSR count). The Hall–Kier alpha value is -0.950. The summed E-state index contributed by atoms with van der Waals surface area (Å²) in [6.45, 7) is 2.48. The van der Waals surface area contributed by atoms with Crippen LogP contribution in [-0.4, -0.2) is 25.6 Å². The van der Waals surface area contributed by atoms with Crippen molar-refractivity contribution in [3.05, 3.63) is 35.9 Å². The van der Waals surface area contributed by atoms with Crippen LogP contribution in [0.3, 0.4) is 0 Å². The van der Waals surface area contributed by atoms with Gasteiger partial charge in [0, 0.05) is 12.6 Å². The van der Waals surface area contributed by atoms with E-state index >= 15 is 0 Å². The Kier molecular flexibility index (Phi) is 5.57. The lowest BCUT2D eigenvalue weighted by atomic mass is 10.2. The van der Waals surface area contributed by atoms with Crippen molar-refractivity contribution in [1.82, 2.24) is 5.32 Å². The topological polar surface area (TPSA) is 75.6 Å². The first-order valence-electron chi connectivity index (χ1n) is 5.40. The lowest BCUT2D eigenvalue weighted by Crippen LogP contribution is -2.33. The lowest BCUT2D eigenvalue weighted by molar-refractivity contribution is 0.231. The second kappa shape index (κ2) is 6.70. The van der Waals surface area contributed by atoms with Crippen LogP contribution in [0.15, 0.2) is 30.3 Å². The zero-order valence-electron chi connectivity index (χ0n) is 9.67. The van der Waals surface area contributed by atoms with Gasteiger partial charge in [-0.3, -0.25) is 4.55 Å². The predicted octanol–water partition coefficient (Wildman–Crippen LogP) is 1.37. The molecular weight excluding hydrogens is 242 g/mol. The Morgan fingerprint density at radius 2 is 2.00 bits per heavy atom. The van der Waals surface area contributed by atoms with Crippen molar-refractivity contribution in [3.63, 3.8) is 0 Å². The molecule has 0 aliphatic carbocycles. The van der Waals surface area contributed by atoms with Gasteiger partial charge in [0.1, 0.15) is 0 Å². The maximum Gasteiger partial charge on any atom is 0.397 e. The summed E-state index contributed by atoms with van der Waals surface area (Å²) >= 11 is 0. The van der Waals surface area contributed by atoms with E-state index in [1.807, 2.05) is 37.3 Å². The average molecular weight is 259 g/mol. The Labute approximate surface area is 102 Å². The second-order valence-corrected chi connectivity index (χ2v) is 4.78. The third kappa shape index (κ3) is 6.38. The van der Waals surface area contributed by atoms with Crippen molar-refractivity contribution >= 4 is 10.4 Å². The van der Waals surface area contributed by atoms with E-state index in [-0.39, 0.29) is 12.6 Å². The molecule has 0 spiro atoms. The quantitative estimate of drug-likeness (QED) is 0.723. The van der Waals surface area contributed by atoms with Crippen LogP contribution in [0.2, 0.25) is 0 Å². The first-order valence-corrected chi connectivity index (χ1v) is 6.77. The molecule has 0 amide bonds. The third-order valence-corrected chi connectivity index (χ3v) is 2.78. The van der Waals surface area contributed by atoms with E-state index in [2.05, 4.69) is 9.50 Å². The van der Waals surface area contributed by atoms with Gasteiger partial charge in [-0.2, -0.15) is 8.42 Å². The van der Waals surface area contributed by atoms with Crippen LogP contribution in [-0.2, 0) is 21.1 Å². The van der Waals surface area contributed by atoms with Crippen molar-refractivity contribution in [3.8, 4) is 0 Å². The van der Waals surface area contributed by atoms with Gasteiger partial charge >= 0.3 is 10.4 Å². The second-order valence-electron chi connectivity index (χ2n) is 3.68. The molecule has 0 aliphatic rings. The molecule has 1 aromatic rings. The first kappa shape index (κ1) is 14.1. The minimum atomic E-state index is -4.35. The molecule has 5 nitrogen and oxygen atoms in total. The van der Waals surface area contributed by atoms with Crippen molar-refractivity contribution in [2.24, 2.45) is 0 Å². The molecule has 0 saturated heterocycles. The van der Waals surface area contributed by atoms with E-state index in [1.54, 1.807) is 0 Å². The zero-order valence-corrected chi connectivity index (χ0v) is 10.5. The zero-order chi connectivity index (χ0) is 12.7. The highest BCUT2D eigenvalue weighted by atomic mass is 32.3. The van der Waals surface area contributed by atoms with Gasteiger partial charge in [0.2, 0.25) is 0 Å². The fraction of sp³-hybridized carbons (Fsp3) is 0.455. The maximum absolute atomic E-state index is 10.4. The van der Waals surface area contributed by atoms with Gasteiger partial charge in [0.15, 0.2) is 0 Å². The van der Waals surface area contributed by atoms with Gasteiger partial charge in [-0.25, -0.2) is 4.18 Å². The highest BCUT2D eigenvalue weighted by Gasteiger charge is 2.11. The summed E-state index contributed by atoms with van der Waals surface area (Å²) < 4.78 is 33.7. The summed E-state index contributed by atoms with van der Waals surface area (Å²) in [4.78, 5) is 0. The minimum absolute atomic E-state index is 0.0673. The summed E-state index contributed by atoms with van der Waals surface area (Å²) in [7, 11) is -4.35. The molecular formula is C11H17NO4S. The molecule has 0 heterocycles. The molecule has 1 atom stereocenters. The maximum atomic E-state index is 10.4. The van der Waals surface area contributed by atoms with Crippen LogP contribution in [0.5, 0.6) is 0 Å². The molecule has 96 valence electrons. The van der Waals surface area contributed by atoms with Crippen molar-refractivity contribution in [1.29, 1.82) is 0 Å². The Bertz CT molecular complexity index is 418. The minimum Gasteiger partial charge on any atom is -0.308 e. The summed E-state index contributed by atoms with van der Waals surface area (Å²) in [5, 5.41) is 3.16. The van der Waals surface area contributed by atoms with Gasteiger partial charge in [-0.15, -0.1) is 0 Å². The number of benzene rings is 1. The molecule has 0 saturated carbocycles. The monoisotopic (exact) mass is 259 g/mol. The first-order chi connectivity index (χ1) is 8.01. The standard InChI is InChI=1S/C11H17NO4S/c1-2-11(9-16-17(13,14)15)12-8-10-6-4-3-5-7-10/h3-7,11-12H,2,8-9H2,1H3,(H,13,14,15). The van der Waals surface area contributed by atoms with E-state index in [0.717, 1.165) is 5.56 Å². The molecule has 1 unspecified atom stereocenters. The van der Waals surface area contributed by atoms with E-state index in [0.29, 0.717) is 13.0 Å². The molecule has 0 radical (unpaired) electrons. The largest absolute Gasteiger partial charge is 0.397 e. The van der Waals surface area contributed by atoms with Crippen molar-refractivity contribution in [2.45, 2.75) is 25.9 Å². The van der Waals surface area contributed by atoms with Gasteiger partial charge in [0.05, 0.1) is 6.61 Å². The molecule has 2 N–H and O–H groups in total. The third-order valence-electron chi connectivity index (χ3n) is 2.35. The average Bonchev–Trinajstić information content (AvgIpc) is 2.29. The fourth-order valence-electron chi connectivity index (χ4n) is 1.35. The summed E-state index contributed by atoms with van der Waals surface area (Å²) in [6, 6.07) is 9.64. The summed E-state index contributed by atoms with van der Waals surface area (Å²) in [5.41, 5.74) is 1.11. The highest BCUT2D eigenvalue weighted by molar-refractivity contribution is 7.80. The normalized spacial score (nSPS) is 13.5. The molecule has 1 aromatic carbocycles. The van der Waals surface area contributed by atoms with Gasteiger partial charge in [-0.05, 0) is 12.0 Å². The van der Waals surface area contributed by atoms with E-state index < -0.39 is 10.4 Å². The number of nitrogens with one attached hydrogen (secondary N) is 1. The molecule has 0 aliphatic heterocycles. The van der Waals surface area contributed by atoms with Crippen molar-refractivity contribution in [2.75, 3.05) is 6.61 Å². The summed E-state index contributed by atoms with van der Waals surface area (Å²) in [5.74, 6) is 0.